The summed E-state index contributed by atoms with van der Waals surface area (Å²) in [5.74, 6) is 0.878. The SMILES string of the molecule is CCNC(=NCc1ccc(C)cc1)NC(C)C. The Morgan fingerprint density at radius 1 is 1.24 bits per heavy atom. The van der Waals surface area contributed by atoms with Crippen LogP contribution in [-0.4, -0.2) is 18.5 Å². The summed E-state index contributed by atoms with van der Waals surface area (Å²) < 4.78 is 0. The van der Waals surface area contributed by atoms with E-state index >= 15 is 0 Å². The molecule has 1 rings (SSSR count). The molecular formula is C14H23N3. The molecule has 17 heavy (non-hydrogen) atoms. The molecule has 0 spiro atoms. The molecule has 3 heteroatoms. The third-order valence-corrected chi connectivity index (χ3v) is 2.31. The molecule has 0 unspecified atom stereocenters. The molecule has 94 valence electrons. The zero-order valence-electron chi connectivity index (χ0n) is 11.2. The molecule has 0 heterocycles. The fourth-order valence-electron chi connectivity index (χ4n) is 1.46. The van der Waals surface area contributed by atoms with Crippen LogP contribution in [0.2, 0.25) is 0 Å². The van der Waals surface area contributed by atoms with Crippen LogP contribution in [0, 0.1) is 6.92 Å². The van der Waals surface area contributed by atoms with E-state index in [1.807, 2.05) is 0 Å². The molecule has 3 nitrogen and oxygen atoms in total. The van der Waals surface area contributed by atoms with Gasteiger partial charge in [0.2, 0.25) is 0 Å². The van der Waals surface area contributed by atoms with Gasteiger partial charge in [-0.15, -0.1) is 0 Å². The van der Waals surface area contributed by atoms with Gasteiger partial charge in [0.15, 0.2) is 5.96 Å². The number of hydrogen-bond acceptors (Lipinski definition) is 1. The smallest absolute Gasteiger partial charge is 0.191 e. The molecule has 0 bridgehead atoms. The second-order valence-electron chi connectivity index (χ2n) is 4.48. The van der Waals surface area contributed by atoms with E-state index in [4.69, 9.17) is 0 Å². The van der Waals surface area contributed by atoms with Crippen molar-refractivity contribution in [3.63, 3.8) is 0 Å². The van der Waals surface area contributed by atoms with E-state index in [0.29, 0.717) is 12.6 Å². The summed E-state index contributed by atoms with van der Waals surface area (Å²) in [5.41, 5.74) is 2.52. The number of rotatable bonds is 4. The van der Waals surface area contributed by atoms with Crippen LogP contribution >= 0.6 is 0 Å². The van der Waals surface area contributed by atoms with Gasteiger partial charge in [0.25, 0.3) is 0 Å². The van der Waals surface area contributed by atoms with Gasteiger partial charge in [-0.3, -0.25) is 0 Å². The zero-order chi connectivity index (χ0) is 12.7. The lowest BCUT2D eigenvalue weighted by Crippen LogP contribution is -2.40. The largest absolute Gasteiger partial charge is 0.357 e. The lowest BCUT2D eigenvalue weighted by Gasteiger charge is -2.13. The van der Waals surface area contributed by atoms with Crippen LogP contribution in [0.15, 0.2) is 29.3 Å². The summed E-state index contributed by atoms with van der Waals surface area (Å²) >= 11 is 0. The Kier molecular flexibility index (Phi) is 5.53. The first-order valence-corrected chi connectivity index (χ1v) is 6.22. The second-order valence-corrected chi connectivity index (χ2v) is 4.48. The molecule has 0 aromatic heterocycles. The van der Waals surface area contributed by atoms with Crippen molar-refractivity contribution in [1.82, 2.24) is 10.6 Å². The first-order chi connectivity index (χ1) is 8.11. The number of hydrogen-bond donors (Lipinski definition) is 2. The molecule has 1 aromatic rings. The Morgan fingerprint density at radius 3 is 2.41 bits per heavy atom. The van der Waals surface area contributed by atoms with Gasteiger partial charge in [-0.25, -0.2) is 4.99 Å². The molecule has 0 aliphatic heterocycles. The fraction of sp³-hybridized carbons (Fsp3) is 0.500. The molecule has 0 aliphatic carbocycles. The summed E-state index contributed by atoms with van der Waals surface area (Å²) in [6, 6.07) is 8.88. The molecule has 0 saturated carbocycles. The van der Waals surface area contributed by atoms with Crippen LogP contribution < -0.4 is 10.6 Å². The maximum atomic E-state index is 4.55. The monoisotopic (exact) mass is 233 g/mol. The Labute approximate surface area is 104 Å². The van der Waals surface area contributed by atoms with Crippen molar-refractivity contribution < 1.29 is 0 Å². The van der Waals surface area contributed by atoms with Gasteiger partial charge < -0.3 is 10.6 Å². The molecule has 0 radical (unpaired) electrons. The highest BCUT2D eigenvalue weighted by Gasteiger charge is 1.99. The topological polar surface area (TPSA) is 36.4 Å². The van der Waals surface area contributed by atoms with E-state index in [-0.39, 0.29) is 0 Å². The lowest BCUT2D eigenvalue weighted by molar-refractivity contribution is 0.700. The number of nitrogens with one attached hydrogen (secondary N) is 2. The van der Waals surface area contributed by atoms with E-state index < -0.39 is 0 Å². The minimum absolute atomic E-state index is 0.394. The molecule has 1 aromatic carbocycles. The van der Waals surface area contributed by atoms with Gasteiger partial charge in [0.05, 0.1) is 6.54 Å². The molecule has 0 aliphatic rings. The highest BCUT2D eigenvalue weighted by molar-refractivity contribution is 5.79. The number of guanidine groups is 1. The standard InChI is InChI=1S/C14H23N3/c1-5-15-14(17-11(2)3)16-10-13-8-6-12(4)7-9-13/h6-9,11H,5,10H2,1-4H3,(H2,15,16,17). The van der Waals surface area contributed by atoms with Crippen molar-refractivity contribution in [3.8, 4) is 0 Å². The lowest BCUT2D eigenvalue weighted by atomic mass is 10.1. The fourth-order valence-corrected chi connectivity index (χ4v) is 1.46. The highest BCUT2D eigenvalue weighted by Crippen LogP contribution is 2.04. The third-order valence-electron chi connectivity index (χ3n) is 2.31. The van der Waals surface area contributed by atoms with Crippen molar-refractivity contribution in [2.45, 2.75) is 40.3 Å². The maximum absolute atomic E-state index is 4.55. The van der Waals surface area contributed by atoms with Crippen LogP contribution in [-0.2, 0) is 6.54 Å². The van der Waals surface area contributed by atoms with Crippen LogP contribution in [0.25, 0.3) is 0 Å². The summed E-state index contributed by atoms with van der Waals surface area (Å²) in [5, 5.41) is 6.54. The average molecular weight is 233 g/mol. The predicted molar refractivity (Wildman–Crippen MR) is 74.3 cm³/mol. The van der Waals surface area contributed by atoms with Gasteiger partial charge >= 0.3 is 0 Å². The molecule has 0 amide bonds. The summed E-state index contributed by atoms with van der Waals surface area (Å²) in [6.45, 7) is 9.98. The molecule has 0 fully saturated rings. The quantitative estimate of drug-likeness (QED) is 0.619. The average Bonchev–Trinajstić information content (AvgIpc) is 2.27. The van der Waals surface area contributed by atoms with Crippen LogP contribution in [0.4, 0.5) is 0 Å². The van der Waals surface area contributed by atoms with Crippen LogP contribution in [0.1, 0.15) is 31.9 Å². The zero-order valence-corrected chi connectivity index (χ0v) is 11.2. The number of benzene rings is 1. The molecule has 0 saturated heterocycles. The third kappa shape index (κ3) is 5.38. The van der Waals surface area contributed by atoms with E-state index in [1.54, 1.807) is 0 Å². The predicted octanol–water partition coefficient (Wildman–Crippen LogP) is 2.46. The number of nitrogens with zero attached hydrogens (tertiary/aromatic N) is 1. The van der Waals surface area contributed by atoms with E-state index in [9.17, 15) is 0 Å². The van der Waals surface area contributed by atoms with E-state index in [2.05, 4.69) is 67.6 Å². The van der Waals surface area contributed by atoms with Gasteiger partial charge in [-0.2, -0.15) is 0 Å². The Balaban J connectivity index is 2.61. The van der Waals surface area contributed by atoms with Crippen molar-refractivity contribution in [2.75, 3.05) is 6.54 Å². The summed E-state index contributed by atoms with van der Waals surface area (Å²) in [7, 11) is 0. The van der Waals surface area contributed by atoms with Gasteiger partial charge in [0, 0.05) is 12.6 Å². The highest BCUT2D eigenvalue weighted by atomic mass is 15.2. The Bertz CT molecular complexity index is 352. The summed E-state index contributed by atoms with van der Waals surface area (Å²) in [6.07, 6.45) is 0. The van der Waals surface area contributed by atoms with Crippen molar-refractivity contribution in [1.29, 1.82) is 0 Å². The van der Waals surface area contributed by atoms with Crippen LogP contribution in [0.3, 0.4) is 0 Å². The number of aryl methyl sites for hydroxylation is 1. The van der Waals surface area contributed by atoms with Gasteiger partial charge in [-0.1, -0.05) is 29.8 Å². The van der Waals surface area contributed by atoms with Crippen molar-refractivity contribution in [2.24, 2.45) is 4.99 Å². The van der Waals surface area contributed by atoms with E-state index in [0.717, 1.165) is 12.5 Å². The van der Waals surface area contributed by atoms with Gasteiger partial charge in [0.1, 0.15) is 0 Å². The number of aliphatic imine (C=N–C) groups is 1. The Hall–Kier alpha value is -1.51. The van der Waals surface area contributed by atoms with Gasteiger partial charge in [-0.05, 0) is 33.3 Å². The summed E-state index contributed by atoms with van der Waals surface area (Å²) in [4.78, 5) is 4.55. The minimum Gasteiger partial charge on any atom is -0.357 e. The molecule has 2 N–H and O–H groups in total. The normalized spacial score (nSPS) is 11.7. The maximum Gasteiger partial charge on any atom is 0.191 e. The van der Waals surface area contributed by atoms with E-state index in [1.165, 1.54) is 11.1 Å². The molecule has 0 atom stereocenters. The first-order valence-electron chi connectivity index (χ1n) is 6.22. The Morgan fingerprint density at radius 2 is 1.88 bits per heavy atom. The molecular weight excluding hydrogens is 210 g/mol. The minimum atomic E-state index is 0.394. The van der Waals surface area contributed by atoms with Crippen molar-refractivity contribution >= 4 is 5.96 Å². The van der Waals surface area contributed by atoms with Crippen molar-refractivity contribution in [3.05, 3.63) is 35.4 Å². The first kappa shape index (κ1) is 13.6. The van der Waals surface area contributed by atoms with Crippen LogP contribution in [0.5, 0.6) is 0 Å². The second kappa shape index (κ2) is 6.94.